The number of hydrogen-bond donors (Lipinski definition) is 0. The fraction of sp³-hybridized carbons (Fsp3) is 0.533. The summed E-state index contributed by atoms with van der Waals surface area (Å²) in [6.45, 7) is 6.26. The highest BCUT2D eigenvalue weighted by Crippen LogP contribution is 2.29. The highest BCUT2D eigenvalue weighted by atomic mass is 16.2. The largest absolute Gasteiger partial charge is 0.349 e. The summed E-state index contributed by atoms with van der Waals surface area (Å²) in [6, 6.07) is 8.48. The molecular weight excluding hydrogens is 210 g/mol. The van der Waals surface area contributed by atoms with Crippen molar-refractivity contribution in [2.24, 2.45) is 5.92 Å². The molecule has 0 spiro atoms. The second-order valence-electron chi connectivity index (χ2n) is 4.95. The van der Waals surface area contributed by atoms with Gasteiger partial charge in [-0.1, -0.05) is 43.7 Å². The Morgan fingerprint density at radius 3 is 2.47 bits per heavy atom. The van der Waals surface area contributed by atoms with Crippen LogP contribution in [0, 0.1) is 12.8 Å². The van der Waals surface area contributed by atoms with Crippen molar-refractivity contribution in [3.63, 3.8) is 0 Å². The lowest BCUT2D eigenvalue weighted by molar-refractivity contribution is -0.133. The maximum atomic E-state index is 12.0. The smallest absolute Gasteiger partial charge is 0.225 e. The van der Waals surface area contributed by atoms with E-state index in [1.54, 1.807) is 4.90 Å². The number of amides is 1. The van der Waals surface area contributed by atoms with E-state index in [2.05, 4.69) is 38.1 Å². The van der Waals surface area contributed by atoms with Gasteiger partial charge in [-0.2, -0.15) is 0 Å². The summed E-state index contributed by atoms with van der Waals surface area (Å²) in [6.07, 6.45) is 0.990. The van der Waals surface area contributed by atoms with Crippen molar-refractivity contribution in [1.82, 2.24) is 4.90 Å². The molecule has 0 heterocycles. The lowest BCUT2D eigenvalue weighted by atomic mass is 9.84. The first-order valence-corrected chi connectivity index (χ1v) is 6.25. The molecule has 1 rings (SSSR count). The van der Waals surface area contributed by atoms with Crippen LogP contribution in [0.4, 0.5) is 0 Å². The van der Waals surface area contributed by atoms with Gasteiger partial charge in [0, 0.05) is 20.0 Å². The van der Waals surface area contributed by atoms with Gasteiger partial charge in [-0.25, -0.2) is 0 Å². The van der Waals surface area contributed by atoms with Gasteiger partial charge < -0.3 is 4.90 Å². The first-order valence-electron chi connectivity index (χ1n) is 6.25. The summed E-state index contributed by atoms with van der Waals surface area (Å²) in [5, 5.41) is 0. The van der Waals surface area contributed by atoms with Gasteiger partial charge in [-0.15, -0.1) is 0 Å². The van der Waals surface area contributed by atoms with Gasteiger partial charge in [0.25, 0.3) is 0 Å². The first kappa shape index (κ1) is 13.8. The van der Waals surface area contributed by atoms with Gasteiger partial charge in [-0.05, 0) is 24.8 Å². The summed E-state index contributed by atoms with van der Waals surface area (Å²) >= 11 is 0. The number of aryl methyl sites for hydroxylation is 1. The van der Waals surface area contributed by atoms with Gasteiger partial charge in [0.2, 0.25) is 5.91 Å². The Morgan fingerprint density at radius 2 is 2.00 bits per heavy atom. The molecule has 1 aromatic carbocycles. The van der Waals surface area contributed by atoms with E-state index in [1.165, 1.54) is 11.1 Å². The molecule has 0 bridgehead atoms. The molecule has 1 amide bonds. The van der Waals surface area contributed by atoms with Gasteiger partial charge in [0.1, 0.15) is 0 Å². The average molecular weight is 233 g/mol. The Hall–Kier alpha value is -1.31. The van der Waals surface area contributed by atoms with Crippen LogP contribution in [0.5, 0.6) is 0 Å². The molecule has 2 heteroatoms. The van der Waals surface area contributed by atoms with Crippen molar-refractivity contribution < 1.29 is 4.79 Å². The van der Waals surface area contributed by atoms with E-state index in [9.17, 15) is 4.79 Å². The molecule has 0 fully saturated rings. The molecule has 1 aromatic rings. The van der Waals surface area contributed by atoms with Gasteiger partial charge >= 0.3 is 0 Å². The fourth-order valence-electron chi connectivity index (χ4n) is 2.36. The van der Waals surface area contributed by atoms with Crippen molar-refractivity contribution in [3.8, 4) is 0 Å². The van der Waals surface area contributed by atoms with E-state index in [1.807, 2.05) is 21.0 Å². The summed E-state index contributed by atoms with van der Waals surface area (Å²) in [4.78, 5) is 13.7. The Labute approximate surface area is 105 Å². The number of rotatable bonds is 4. The van der Waals surface area contributed by atoms with E-state index in [0.717, 1.165) is 6.42 Å². The van der Waals surface area contributed by atoms with Crippen LogP contribution in [0.1, 0.15) is 37.3 Å². The van der Waals surface area contributed by atoms with Gasteiger partial charge in [0.05, 0.1) is 0 Å². The van der Waals surface area contributed by atoms with Crippen LogP contribution in [0.3, 0.4) is 0 Å². The minimum atomic E-state index is 0.0387. The maximum Gasteiger partial charge on any atom is 0.225 e. The lowest BCUT2D eigenvalue weighted by Crippen LogP contribution is -2.31. The maximum absolute atomic E-state index is 12.0. The Balaban J connectivity index is 2.95. The lowest BCUT2D eigenvalue weighted by Gasteiger charge is -2.25. The summed E-state index contributed by atoms with van der Waals surface area (Å²) < 4.78 is 0. The quantitative estimate of drug-likeness (QED) is 0.782. The van der Waals surface area contributed by atoms with Gasteiger partial charge in [0.15, 0.2) is 0 Å². The fourth-order valence-corrected chi connectivity index (χ4v) is 2.36. The number of carbonyl (C=O) groups is 1. The van der Waals surface area contributed by atoms with Gasteiger partial charge in [-0.3, -0.25) is 4.79 Å². The zero-order chi connectivity index (χ0) is 13.0. The van der Waals surface area contributed by atoms with Crippen molar-refractivity contribution >= 4 is 5.91 Å². The van der Waals surface area contributed by atoms with E-state index < -0.39 is 0 Å². The number of hydrogen-bond acceptors (Lipinski definition) is 1. The molecule has 2 unspecified atom stereocenters. The second kappa shape index (κ2) is 5.85. The highest BCUT2D eigenvalue weighted by Gasteiger charge is 2.25. The van der Waals surface area contributed by atoms with Crippen molar-refractivity contribution in [1.29, 1.82) is 0 Å². The predicted octanol–water partition coefficient (Wildman–Crippen LogP) is 3.21. The molecule has 0 N–H and O–H groups in total. The molecule has 0 saturated carbocycles. The molecule has 2 atom stereocenters. The highest BCUT2D eigenvalue weighted by molar-refractivity contribution is 5.79. The molecule has 0 aliphatic rings. The van der Waals surface area contributed by atoms with Crippen LogP contribution in [-0.2, 0) is 4.79 Å². The topological polar surface area (TPSA) is 20.3 Å². The molecule has 94 valence electrons. The van der Waals surface area contributed by atoms with Crippen LogP contribution in [0.25, 0.3) is 0 Å². The van der Waals surface area contributed by atoms with E-state index in [-0.39, 0.29) is 11.8 Å². The average Bonchev–Trinajstić information content (AvgIpc) is 2.28. The van der Waals surface area contributed by atoms with Crippen molar-refractivity contribution in [3.05, 3.63) is 35.4 Å². The molecule has 17 heavy (non-hydrogen) atoms. The zero-order valence-electron chi connectivity index (χ0n) is 11.5. The summed E-state index contributed by atoms with van der Waals surface area (Å²) in [5.74, 6) is 0.556. The number of nitrogens with zero attached hydrogens (tertiary/aromatic N) is 1. The number of carbonyl (C=O) groups excluding carboxylic acids is 1. The SMILES string of the molecule is CCC(c1cccc(C)c1)C(C)C(=O)N(C)C. The van der Waals surface area contributed by atoms with Crippen LogP contribution in [-0.4, -0.2) is 24.9 Å². The number of benzene rings is 1. The summed E-state index contributed by atoms with van der Waals surface area (Å²) in [7, 11) is 3.64. The Bertz CT molecular complexity index is 384. The van der Waals surface area contributed by atoms with Crippen LogP contribution in [0.15, 0.2) is 24.3 Å². The molecular formula is C15H23NO. The van der Waals surface area contributed by atoms with E-state index in [4.69, 9.17) is 0 Å². The van der Waals surface area contributed by atoms with E-state index >= 15 is 0 Å². The molecule has 2 nitrogen and oxygen atoms in total. The summed E-state index contributed by atoms with van der Waals surface area (Å²) in [5.41, 5.74) is 2.53. The minimum absolute atomic E-state index is 0.0387. The second-order valence-corrected chi connectivity index (χ2v) is 4.95. The normalized spacial score (nSPS) is 14.2. The van der Waals surface area contributed by atoms with Crippen LogP contribution < -0.4 is 0 Å². The third-order valence-electron chi connectivity index (χ3n) is 3.34. The Kier molecular flexibility index (Phi) is 4.73. The van der Waals surface area contributed by atoms with Crippen molar-refractivity contribution in [2.45, 2.75) is 33.1 Å². The molecule has 0 saturated heterocycles. The molecule has 0 aliphatic heterocycles. The monoisotopic (exact) mass is 233 g/mol. The molecule has 0 aromatic heterocycles. The van der Waals surface area contributed by atoms with Crippen LogP contribution in [0.2, 0.25) is 0 Å². The molecule has 0 radical (unpaired) electrons. The predicted molar refractivity (Wildman–Crippen MR) is 72.1 cm³/mol. The first-order chi connectivity index (χ1) is 7.97. The third kappa shape index (κ3) is 3.32. The Morgan fingerprint density at radius 1 is 1.35 bits per heavy atom. The van der Waals surface area contributed by atoms with Crippen LogP contribution >= 0.6 is 0 Å². The third-order valence-corrected chi connectivity index (χ3v) is 3.34. The molecule has 0 aliphatic carbocycles. The standard InChI is InChI=1S/C15H23NO/c1-6-14(12(3)15(17)16(4)5)13-9-7-8-11(2)10-13/h7-10,12,14H,6H2,1-5H3. The van der Waals surface area contributed by atoms with E-state index in [0.29, 0.717) is 5.92 Å². The minimum Gasteiger partial charge on any atom is -0.349 e. The zero-order valence-corrected chi connectivity index (χ0v) is 11.5. The van der Waals surface area contributed by atoms with Crippen molar-refractivity contribution in [2.75, 3.05) is 14.1 Å².